The van der Waals surface area contributed by atoms with Gasteiger partial charge in [-0.3, -0.25) is 4.79 Å². The van der Waals surface area contributed by atoms with Crippen LogP contribution in [0.2, 0.25) is 0 Å². The summed E-state index contributed by atoms with van der Waals surface area (Å²) in [7, 11) is -2.96. The van der Waals surface area contributed by atoms with Crippen molar-refractivity contribution >= 4 is 15.7 Å². The van der Waals surface area contributed by atoms with E-state index in [1.165, 1.54) is 0 Å². The van der Waals surface area contributed by atoms with Crippen molar-refractivity contribution in [3.63, 3.8) is 0 Å². The van der Waals surface area contributed by atoms with Gasteiger partial charge < -0.3 is 11.1 Å². The molecule has 0 aromatic rings. The summed E-state index contributed by atoms with van der Waals surface area (Å²) in [5.41, 5.74) is 5.06. The molecule has 0 aromatic carbocycles. The van der Waals surface area contributed by atoms with Crippen molar-refractivity contribution in [2.75, 3.05) is 11.5 Å². The van der Waals surface area contributed by atoms with Crippen molar-refractivity contribution in [1.82, 2.24) is 5.32 Å². The number of carbonyl (C=O) groups excluding carboxylic acids is 1. The molecule has 6 heteroatoms. The second kappa shape index (κ2) is 4.71. The van der Waals surface area contributed by atoms with Crippen LogP contribution in [0.3, 0.4) is 0 Å². The van der Waals surface area contributed by atoms with Crippen LogP contribution in [-0.2, 0) is 14.6 Å². The van der Waals surface area contributed by atoms with Crippen LogP contribution < -0.4 is 11.1 Å². The van der Waals surface area contributed by atoms with Crippen LogP contribution in [0.25, 0.3) is 0 Å². The van der Waals surface area contributed by atoms with Crippen LogP contribution in [-0.4, -0.2) is 37.4 Å². The minimum absolute atomic E-state index is 0.0439. The predicted octanol–water partition coefficient (Wildman–Crippen LogP) is -0.193. The Bertz CT molecular complexity index is 360. The summed E-state index contributed by atoms with van der Waals surface area (Å²) in [6.45, 7) is 3.71. The van der Waals surface area contributed by atoms with Crippen LogP contribution in [0, 0.1) is 0 Å². The van der Waals surface area contributed by atoms with Crippen LogP contribution in [0.5, 0.6) is 0 Å². The molecule has 1 fully saturated rings. The molecule has 5 nitrogen and oxygen atoms in total. The van der Waals surface area contributed by atoms with Crippen molar-refractivity contribution in [3.8, 4) is 0 Å². The zero-order chi connectivity index (χ0) is 12.4. The van der Waals surface area contributed by atoms with Crippen molar-refractivity contribution < 1.29 is 13.2 Å². The molecule has 1 amide bonds. The SMILES string of the molecule is CCC(N)(CC)C(=O)NC1CCS(=O)(=O)C1. The maximum atomic E-state index is 11.9. The Morgan fingerprint density at radius 3 is 2.38 bits per heavy atom. The largest absolute Gasteiger partial charge is 0.351 e. The van der Waals surface area contributed by atoms with E-state index in [0.717, 1.165) is 0 Å². The zero-order valence-corrected chi connectivity index (χ0v) is 10.6. The van der Waals surface area contributed by atoms with Gasteiger partial charge >= 0.3 is 0 Å². The molecule has 1 unspecified atom stereocenters. The molecule has 1 heterocycles. The second-order valence-corrected chi connectivity index (χ2v) is 6.67. The van der Waals surface area contributed by atoms with Gasteiger partial charge in [-0.2, -0.15) is 0 Å². The fraction of sp³-hybridized carbons (Fsp3) is 0.900. The third-order valence-corrected chi connectivity index (χ3v) is 5.05. The van der Waals surface area contributed by atoms with Crippen LogP contribution in [0.4, 0.5) is 0 Å². The van der Waals surface area contributed by atoms with Gasteiger partial charge in [0.05, 0.1) is 17.0 Å². The summed E-state index contributed by atoms with van der Waals surface area (Å²) < 4.78 is 22.5. The van der Waals surface area contributed by atoms with Gasteiger partial charge in [0.1, 0.15) is 0 Å². The maximum Gasteiger partial charge on any atom is 0.240 e. The molecule has 1 atom stereocenters. The minimum atomic E-state index is -2.96. The molecule has 0 radical (unpaired) electrons. The molecule has 16 heavy (non-hydrogen) atoms. The molecule has 1 rings (SSSR count). The average molecular weight is 248 g/mol. The third-order valence-electron chi connectivity index (χ3n) is 3.28. The van der Waals surface area contributed by atoms with Gasteiger partial charge in [0.15, 0.2) is 9.84 Å². The molecule has 94 valence electrons. The molecular weight excluding hydrogens is 228 g/mol. The fourth-order valence-electron chi connectivity index (χ4n) is 1.81. The maximum absolute atomic E-state index is 11.9. The number of nitrogens with one attached hydrogen (secondary N) is 1. The Balaban J connectivity index is 2.59. The highest BCUT2D eigenvalue weighted by atomic mass is 32.2. The van der Waals surface area contributed by atoms with E-state index < -0.39 is 15.4 Å². The molecule has 0 aromatic heterocycles. The van der Waals surface area contributed by atoms with E-state index in [4.69, 9.17) is 5.73 Å². The number of hydrogen-bond acceptors (Lipinski definition) is 4. The van der Waals surface area contributed by atoms with Crippen LogP contribution >= 0.6 is 0 Å². The standard InChI is InChI=1S/C10H20N2O3S/c1-3-10(11,4-2)9(13)12-8-5-6-16(14,15)7-8/h8H,3-7,11H2,1-2H3,(H,12,13). The lowest BCUT2D eigenvalue weighted by Gasteiger charge is -2.26. The molecule has 1 aliphatic rings. The highest BCUT2D eigenvalue weighted by Gasteiger charge is 2.35. The summed E-state index contributed by atoms with van der Waals surface area (Å²) in [5, 5.41) is 2.73. The first-order valence-corrected chi connectivity index (χ1v) is 7.45. The summed E-state index contributed by atoms with van der Waals surface area (Å²) in [6, 6.07) is -0.265. The minimum Gasteiger partial charge on any atom is -0.351 e. The van der Waals surface area contributed by atoms with Crippen molar-refractivity contribution in [2.24, 2.45) is 5.73 Å². The predicted molar refractivity (Wildman–Crippen MR) is 62.7 cm³/mol. The Morgan fingerprint density at radius 2 is 2.00 bits per heavy atom. The van der Waals surface area contributed by atoms with Gasteiger partial charge in [-0.1, -0.05) is 13.8 Å². The summed E-state index contributed by atoms with van der Waals surface area (Å²) >= 11 is 0. The second-order valence-electron chi connectivity index (χ2n) is 4.44. The number of nitrogens with two attached hydrogens (primary N) is 1. The molecule has 0 saturated carbocycles. The monoisotopic (exact) mass is 248 g/mol. The first-order chi connectivity index (χ1) is 7.33. The van der Waals surface area contributed by atoms with E-state index in [-0.39, 0.29) is 23.5 Å². The summed E-state index contributed by atoms with van der Waals surface area (Å²) in [4.78, 5) is 11.9. The van der Waals surface area contributed by atoms with E-state index in [1.54, 1.807) is 0 Å². The lowest BCUT2D eigenvalue weighted by molar-refractivity contribution is -0.127. The molecule has 0 bridgehead atoms. The lowest BCUT2D eigenvalue weighted by atomic mass is 9.93. The zero-order valence-electron chi connectivity index (χ0n) is 9.82. The Hall–Kier alpha value is -0.620. The van der Waals surface area contributed by atoms with Gasteiger partial charge in [0.25, 0.3) is 0 Å². The molecule has 0 spiro atoms. The van der Waals surface area contributed by atoms with E-state index in [9.17, 15) is 13.2 Å². The van der Waals surface area contributed by atoms with Gasteiger partial charge in [0, 0.05) is 6.04 Å². The molecule has 1 saturated heterocycles. The van der Waals surface area contributed by atoms with Crippen molar-refractivity contribution in [1.29, 1.82) is 0 Å². The van der Waals surface area contributed by atoms with E-state index in [1.807, 2.05) is 13.8 Å². The van der Waals surface area contributed by atoms with E-state index in [0.29, 0.717) is 19.3 Å². The molecule has 3 N–H and O–H groups in total. The third kappa shape index (κ3) is 2.95. The number of carbonyl (C=O) groups is 1. The van der Waals surface area contributed by atoms with Gasteiger partial charge in [-0.15, -0.1) is 0 Å². The quantitative estimate of drug-likeness (QED) is 0.721. The van der Waals surface area contributed by atoms with Gasteiger partial charge in [-0.25, -0.2) is 8.42 Å². The average Bonchev–Trinajstić information content (AvgIpc) is 2.56. The van der Waals surface area contributed by atoms with Gasteiger partial charge in [0.2, 0.25) is 5.91 Å². The highest BCUT2D eigenvalue weighted by Crippen LogP contribution is 2.15. The molecule has 0 aliphatic carbocycles. The molecular formula is C10H20N2O3S. The van der Waals surface area contributed by atoms with E-state index in [2.05, 4.69) is 5.32 Å². The Labute approximate surface area is 96.7 Å². The van der Waals surface area contributed by atoms with E-state index >= 15 is 0 Å². The summed E-state index contributed by atoms with van der Waals surface area (Å²) in [5.74, 6) is -0.0321. The Morgan fingerprint density at radius 1 is 1.44 bits per heavy atom. The van der Waals surface area contributed by atoms with Crippen LogP contribution in [0.15, 0.2) is 0 Å². The van der Waals surface area contributed by atoms with Crippen LogP contribution in [0.1, 0.15) is 33.1 Å². The Kier molecular flexibility index (Phi) is 3.96. The first-order valence-electron chi connectivity index (χ1n) is 5.63. The summed E-state index contributed by atoms with van der Waals surface area (Å²) in [6.07, 6.45) is 1.60. The molecule has 1 aliphatic heterocycles. The lowest BCUT2D eigenvalue weighted by Crippen LogP contribution is -2.55. The number of amides is 1. The fourth-order valence-corrected chi connectivity index (χ4v) is 3.48. The normalized spacial score (nSPS) is 24.3. The van der Waals surface area contributed by atoms with Crippen molar-refractivity contribution in [2.45, 2.75) is 44.7 Å². The number of rotatable bonds is 4. The van der Waals surface area contributed by atoms with Crippen molar-refractivity contribution in [3.05, 3.63) is 0 Å². The topological polar surface area (TPSA) is 89.3 Å². The van der Waals surface area contributed by atoms with Gasteiger partial charge in [-0.05, 0) is 19.3 Å². The number of hydrogen-bond donors (Lipinski definition) is 2. The smallest absolute Gasteiger partial charge is 0.240 e. The highest BCUT2D eigenvalue weighted by molar-refractivity contribution is 7.91. The first kappa shape index (κ1) is 13.4. The number of sulfone groups is 1.